The van der Waals surface area contributed by atoms with Crippen molar-refractivity contribution >= 4 is 19.4 Å². The third kappa shape index (κ3) is 3.79. The molecule has 0 saturated heterocycles. The molecule has 1 aromatic heterocycles. The maximum absolute atomic E-state index is 9.62. The topological polar surface area (TPSA) is 73.1 Å². The van der Waals surface area contributed by atoms with E-state index < -0.39 is 0 Å². The summed E-state index contributed by atoms with van der Waals surface area (Å²) >= 11 is 0.297. The fourth-order valence-corrected chi connectivity index (χ4v) is 4.92. The van der Waals surface area contributed by atoms with Gasteiger partial charge in [-0.1, -0.05) is 0 Å². The van der Waals surface area contributed by atoms with Crippen LogP contribution >= 0.6 is 0 Å². The summed E-state index contributed by atoms with van der Waals surface area (Å²) in [5.74, 6) is 0.617. The summed E-state index contributed by atoms with van der Waals surface area (Å²) < 4.78 is 13.4. The van der Waals surface area contributed by atoms with Crippen molar-refractivity contribution < 1.29 is 24.7 Å². The van der Waals surface area contributed by atoms with Gasteiger partial charge in [0.05, 0.1) is 0 Å². The van der Waals surface area contributed by atoms with Gasteiger partial charge in [-0.25, -0.2) is 0 Å². The van der Waals surface area contributed by atoms with Gasteiger partial charge in [0, 0.05) is 0 Å². The molecule has 1 aliphatic heterocycles. The number of hydrogen-bond donors (Lipinski definition) is 2. The molecule has 3 N–H and O–H groups in total. The Balaban J connectivity index is 1.73. The Bertz CT molecular complexity index is 680. The van der Waals surface area contributed by atoms with Crippen LogP contribution in [-0.2, 0) is 24.6 Å². The number of aromatic nitrogens is 1. The van der Waals surface area contributed by atoms with Crippen molar-refractivity contribution in [2.75, 3.05) is 6.61 Å². The number of pyridine rings is 1. The molecule has 24 heavy (non-hydrogen) atoms. The van der Waals surface area contributed by atoms with Gasteiger partial charge in [-0.15, -0.1) is 0 Å². The van der Waals surface area contributed by atoms with Crippen molar-refractivity contribution in [1.29, 1.82) is 0 Å². The number of benzene rings is 1. The molecule has 128 valence electrons. The fourth-order valence-electron chi connectivity index (χ4n) is 2.72. The molecule has 0 bridgehead atoms. The van der Waals surface area contributed by atoms with Crippen LogP contribution in [-0.4, -0.2) is 37.9 Å². The zero-order valence-electron chi connectivity index (χ0n) is 13.6. The van der Waals surface area contributed by atoms with Crippen LogP contribution in [0.4, 0.5) is 0 Å². The molecule has 0 amide bonds. The van der Waals surface area contributed by atoms with E-state index in [1.165, 1.54) is 4.46 Å². The van der Waals surface area contributed by atoms with Crippen LogP contribution in [0.1, 0.15) is 23.7 Å². The van der Waals surface area contributed by atoms with Crippen molar-refractivity contribution in [2.24, 2.45) is 0 Å². The van der Waals surface area contributed by atoms with E-state index in [0.29, 0.717) is 49.9 Å². The van der Waals surface area contributed by atoms with Crippen LogP contribution in [0.2, 0.25) is 4.82 Å². The van der Waals surface area contributed by atoms with Crippen LogP contribution in [0.3, 0.4) is 0 Å². The third-order valence-electron chi connectivity index (χ3n) is 4.11. The second-order valence-corrected chi connectivity index (χ2v) is 8.76. The van der Waals surface area contributed by atoms with E-state index >= 15 is 0 Å². The van der Waals surface area contributed by atoms with Gasteiger partial charge in [0.15, 0.2) is 0 Å². The van der Waals surface area contributed by atoms with Crippen LogP contribution in [0.5, 0.6) is 5.75 Å². The quantitative estimate of drug-likeness (QED) is 0.728. The minimum absolute atomic E-state index is 0.00451. The van der Waals surface area contributed by atoms with Crippen LogP contribution in [0.25, 0.3) is 0 Å². The summed E-state index contributed by atoms with van der Waals surface area (Å²) in [7, 11) is 0. The molecule has 0 aliphatic carbocycles. The number of hydrogen-bond acceptors (Lipinski definition) is 4. The molecule has 0 radical (unpaired) electrons. The van der Waals surface area contributed by atoms with E-state index in [1.807, 2.05) is 6.07 Å². The molecule has 2 aromatic rings. The van der Waals surface area contributed by atoms with E-state index in [1.54, 1.807) is 6.20 Å². The van der Waals surface area contributed by atoms with Crippen LogP contribution < -0.4 is 14.2 Å². The summed E-state index contributed by atoms with van der Waals surface area (Å²) in [6.45, 7) is 2.74. The Morgan fingerprint density at radius 1 is 1.25 bits per heavy atom. The first-order chi connectivity index (χ1) is 11.7. The number of aromatic amines is 1. The van der Waals surface area contributed by atoms with Gasteiger partial charge in [-0.05, 0) is 0 Å². The molecular formula is C18H22NO4Se+. The van der Waals surface area contributed by atoms with Gasteiger partial charge >= 0.3 is 147 Å². The van der Waals surface area contributed by atoms with Crippen molar-refractivity contribution in [3.63, 3.8) is 0 Å². The van der Waals surface area contributed by atoms with Gasteiger partial charge in [-0.2, -0.15) is 0 Å². The van der Waals surface area contributed by atoms with Gasteiger partial charge < -0.3 is 0 Å². The average Bonchev–Trinajstić information content (AvgIpc) is 2.84. The monoisotopic (exact) mass is 396 g/mol. The summed E-state index contributed by atoms with van der Waals surface area (Å²) in [5.41, 5.74) is 2.09. The Hall–Kier alpha value is -1.43. The minimum atomic E-state index is -0.166. The van der Waals surface area contributed by atoms with Crippen molar-refractivity contribution in [2.45, 2.75) is 37.7 Å². The van der Waals surface area contributed by atoms with Gasteiger partial charge in [0.1, 0.15) is 0 Å². The summed E-state index contributed by atoms with van der Waals surface area (Å²) in [6, 6.07) is 10.4. The molecule has 3 rings (SSSR count). The summed E-state index contributed by atoms with van der Waals surface area (Å²) in [4.78, 5) is 3.48. The first-order valence-corrected chi connectivity index (χ1v) is 9.80. The average molecular weight is 395 g/mol. The number of aliphatic hydroxyl groups excluding tert-OH is 2. The molecule has 2 atom stereocenters. The van der Waals surface area contributed by atoms with Gasteiger partial charge in [-0.3, -0.25) is 0 Å². The predicted molar refractivity (Wildman–Crippen MR) is 90.2 cm³/mol. The van der Waals surface area contributed by atoms with Gasteiger partial charge in [0.2, 0.25) is 0 Å². The van der Waals surface area contributed by atoms with Crippen LogP contribution in [0, 0.1) is 0 Å². The Labute approximate surface area is 147 Å². The van der Waals surface area contributed by atoms with E-state index in [4.69, 9.17) is 9.47 Å². The molecule has 5 nitrogen and oxygen atoms in total. The molecule has 6 heteroatoms. The van der Waals surface area contributed by atoms with E-state index in [2.05, 4.69) is 36.2 Å². The number of rotatable bonds is 5. The molecule has 1 aliphatic rings. The van der Waals surface area contributed by atoms with Crippen molar-refractivity contribution in [3.8, 4) is 5.75 Å². The second kappa shape index (κ2) is 8.10. The zero-order chi connectivity index (χ0) is 16.9. The number of aliphatic hydroxyl groups is 2. The molecule has 0 fully saturated rings. The third-order valence-corrected chi connectivity index (χ3v) is 6.67. The SMILES string of the molecule is CC([Se]c1ccccc1)C1COc2c([nH+]cc(CO)c2CO)CO1. The van der Waals surface area contributed by atoms with E-state index in [0.717, 1.165) is 5.69 Å². The molecule has 2 heterocycles. The molecule has 1 aromatic carbocycles. The number of nitrogens with one attached hydrogen (secondary N) is 1. The normalized spacial score (nSPS) is 18.4. The first kappa shape index (κ1) is 17.4. The predicted octanol–water partition coefficient (Wildman–Crippen LogP) is 0.601. The Morgan fingerprint density at radius 2 is 2.04 bits per heavy atom. The first-order valence-electron chi connectivity index (χ1n) is 7.96. The molecular weight excluding hydrogens is 373 g/mol. The number of fused-ring (bicyclic) bond motifs is 1. The number of ether oxygens (including phenoxy) is 2. The van der Waals surface area contributed by atoms with Crippen molar-refractivity contribution in [3.05, 3.63) is 53.3 Å². The van der Waals surface area contributed by atoms with Crippen LogP contribution in [0.15, 0.2) is 36.5 Å². The fraction of sp³-hybridized carbons (Fsp3) is 0.389. The molecule has 0 saturated carbocycles. The van der Waals surface area contributed by atoms with E-state index in [9.17, 15) is 10.2 Å². The Kier molecular flexibility index (Phi) is 5.87. The molecule has 0 spiro atoms. The summed E-state index contributed by atoms with van der Waals surface area (Å²) in [6.07, 6.45) is 1.70. The van der Waals surface area contributed by atoms with E-state index in [-0.39, 0.29) is 19.3 Å². The van der Waals surface area contributed by atoms with Gasteiger partial charge in [0.25, 0.3) is 0 Å². The standard InChI is InChI=1S/C18H21NO4Se/c1-12(24-14-5-3-2-4-6-14)17-11-23-18-15(9-21)13(8-20)7-19-16(18)10-22-17/h2-7,12,17,20-21H,8-11H2,1H3/p+1. The van der Waals surface area contributed by atoms with Crippen molar-refractivity contribution in [1.82, 2.24) is 0 Å². The molecule has 2 unspecified atom stereocenters. The summed E-state index contributed by atoms with van der Waals surface area (Å²) in [5, 5.41) is 19.0. The second-order valence-electron chi connectivity index (χ2n) is 5.71. The zero-order valence-corrected chi connectivity index (χ0v) is 15.3. The number of H-pyrrole nitrogens is 1. The Morgan fingerprint density at radius 3 is 2.75 bits per heavy atom. The maximum atomic E-state index is 9.62.